The van der Waals surface area contributed by atoms with Crippen molar-refractivity contribution in [2.45, 2.75) is 58.0 Å². The fourth-order valence-corrected chi connectivity index (χ4v) is 1.55. The molecule has 0 aromatic carbocycles. The topological polar surface area (TPSA) is 41.3 Å². The van der Waals surface area contributed by atoms with E-state index >= 15 is 0 Å². The second-order valence-electron chi connectivity index (χ2n) is 4.76. The predicted octanol–water partition coefficient (Wildman–Crippen LogP) is 1.74. The highest BCUT2D eigenvalue weighted by Crippen LogP contribution is 2.19. The first-order valence-electron chi connectivity index (χ1n) is 5.60. The minimum absolute atomic E-state index is 0.114. The molecular weight excluding hydrogens is 174 g/mol. The molecule has 0 aliphatic rings. The van der Waals surface area contributed by atoms with Crippen LogP contribution in [0.3, 0.4) is 0 Å². The maximum absolute atomic E-state index is 5.60. The van der Waals surface area contributed by atoms with Crippen molar-refractivity contribution in [3.63, 3.8) is 0 Å². The van der Waals surface area contributed by atoms with Crippen LogP contribution in [0.1, 0.15) is 46.5 Å². The Morgan fingerprint density at radius 1 is 1.29 bits per heavy atom. The van der Waals surface area contributed by atoms with Crippen LogP contribution in [0.4, 0.5) is 0 Å². The monoisotopic (exact) mass is 201 g/mol. The third-order valence-corrected chi connectivity index (χ3v) is 3.30. The van der Waals surface area contributed by atoms with Crippen LogP contribution < -0.4 is 11.3 Å². The Balaban J connectivity index is 4.11. The van der Waals surface area contributed by atoms with E-state index < -0.39 is 0 Å². The maximum Gasteiger partial charge on any atom is 0.0389 e. The summed E-state index contributed by atoms with van der Waals surface area (Å²) in [5.41, 5.74) is 3.05. The Bertz CT molecular complexity index is 143. The van der Waals surface area contributed by atoms with Crippen LogP contribution in [0.15, 0.2) is 0 Å². The lowest BCUT2D eigenvalue weighted by molar-refractivity contribution is 0.130. The third kappa shape index (κ3) is 3.95. The molecule has 0 amide bonds. The summed E-state index contributed by atoms with van der Waals surface area (Å²) in [6, 6.07) is 0.365. The van der Waals surface area contributed by atoms with E-state index in [4.69, 9.17) is 5.84 Å². The molecule has 0 bridgehead atoms. The van der Waals surface area contributed by atoms with Crippen molar-refractivity contribution in [2.75, 3.05) is 14.1 Å². The van der Waals surface area contributed by atoms with Crippen LogP contribution >= 0.6 is 0 Å². The molecule has 1 atom stereocenters. The summed E-state index contributed by atoms with van der Waals surface area (Å²) in [6.07, 6.45) is 4.96. The number of hydrazine groups is 1. The zero-order chi connectivity index (χ0) is 11.2. The van der Waals surface area contributed by atoms with E-state index in [1.807, 2.05) is 0 Å². The molecule has 0 aromatic rings. The molecule has 0 saturated heterocycles. The zero-order valence-electron chi connectivity index (χ0n) is 10.4. The van der Waals surface area contributed by atoms with Crippen molar-refractivity contribution >= 4 is 0 Å². The van der Waals surface area contributed by atoms with E-state index in [9.17, 15) is 0 Å². The Hall–Kier alpha value is -0.120. The lowest BCUT2D eigenvalue weighted by Gasteiger charge is -2.40. The molecule has 3 N–H and O–H groups in total. The van der Waals surface area contributed by atoms with E-state index in [-0.39, 0.29) is 5.54 Å². The summed E-state index contributed by atoms with van der Waals surface area (Å²) in [7, 11) is 4.20. The van der Waals surface area contributed by atoms with Gasteiger partial charge in [-0.05, 0) is 34.4 Å². The van der Waals surface area contributed by atoms with Gasteiger partial charge in [-0.25, -0.2) is 0 Å². The van der Waals surface area contributed by atoms with Gasteiger partial charge in [0, 0.05) is 11.6 Å². The summed E-state index contributed by atoms with van der Waals surface area (Å²) in [4.78, 5) is 2.23. The first kappa shape index (κ1) is 13.9. The van der Waals surface area contributed by atoms with Crippen molar-refractivity contribution in [1.29, 1.82) is 0 Å². The van der Waals surface area contributed by atoms with Gasteiger partial charge in [-0.1, -0.05) is 26.2 Å². The van der Waals surface area contributed by atoms with Crippen LogP contribution in [-0.2, 0) is 0 Å². The Kier molecular flexibility index (Phi) is 6.33. The highest BCUT2D eigenvalue weighted by molar-refractivity contribution is 4.89. The van der Waals surface area contributed by atoms with Crippen LogP contribution in [0.5, 0.6) is 0 Å². The molecule has 86 valence electrons. The van der Waals surface area contributed by atoms with Gasteiger partial charge in [-0.15, -0.1) is 0 Å². The molecule has 3 nitrogen and oxygen atoms in total. The van der Waals surface area contributed by atoms with Crippen LogP contribution in [-0.4, -0.2) is 30.6 Å². The van der Waals surface area contributed by atoms with Gasteiger partial charge in [0.1, 0.15) is 0 Å². The highest BCUT2D eigenvalue weighted by Gasteiger charge is 2.29. The second kappa shape index (κ2) is 6.38. The van der Waals surface area contributed by atoms with Gasteiger partial charge in [-0.3, -0.25) is 11.3 Å². The molecular formula is C11H27N3. The molecule has 0 rings (SSSR count). The molecule has 0 radical (unpaired) electrons. The highest BCUT2D eigenvalue weighted by atomic mass is 15.3. The van der Waals surface area contributed by atoms with Gasteiger partial charge in [0.25, 0.3) is 0 Å². The number of likely N-dealkylation sites (N-methyl/N-ethyl adjacent to an activating group) is 1. The standard InChI is InChI=1S/C11H27N3/c1-6-7-8-9-10(13-12)11(2,3)14(4)5/h10,13H,6-9,12H2,1-5H3. The molecule has 0 aliphatic heterocycles. The van der Waals surface area contributed by atoms with Crippen molar-refractivity contribution in [3.05, 3.63) is 0 Å². The van der Waals surface area contributed by atoms with Crippen LogP contribution in [0.2, 0.25) is 0 Å². The Labute approximate surface area is 89.0 Å². The van der Waals surface area contributed by atoms with Crippen molar-refractivity contribution in [3.8, 4) is 0 Å². The van der Waals surface area contributed by atoms with Gasteiger partial charge in [-0.2, -0.15) is 0 Å². The van der Waals surface area contributed by atoms with Crippen molar-refractivity contribution in [1.82, 2.24) is 10.3 Å². The molecule has 3 heteroatoms. The fraction of sp³-hybridized carbons (Fsp3) is 1.00. The van der Waals surface area contributed by atoms with Crippen LogP contribution in [0.25, 0.3) is 0 Å². The average molecular weight is 201 g/mol. The van der Waals surface area contributed by atoms with Gasteiger partial charge in [0.05, 0.1) is 0 Å². The van der Waals surface area contributed by atoms with E-state index in [0.717, 1.165) is 6.42 Å². The van der Waals surface area contributed by atoms with Crippen molar-refractivity contribution < 1.29 is 0 Å². The Morgan fingerprint density at radius 3 is 2.21 bits per heavy atom. The smallest absolute Gasteiger partial charge is 0.0389 e. The van der Waals surface area contributed by atoms with Gasteiger partial charge >= 0.3 is 0 Å². The van der Waals surface area contributed by atoms with E-state index in [1.54, 1.807) is 0 Å². The third-order valence-electron chi connectivity index (χ3n) is 3.30. The molecule has 0 aliphatic carbocycles. The molecule has 0 spiro atoms. The lowest BCUT2D eigenvalue weighted by atomic mass is 9.89. The van der Waals surface area contributed by atoms with E-state index in [2.05, 4.69) is 45.2 Å². The number of hydrogen-bond donors (Lipinski definition) is 2. The minimum Gasteiger partial charge on any atom is -0.303 e. The van der Waals surface area contributed by atoms with Gasteiger partial charge < -0.3 is 4.90 Å². The first-order chi connectivity index (χ1) is 6.46. The summed E-state index contributed by atoms with van der Waals surface area (Å²) in [5, 5.41) is 0. The summed E-state index contributed by atoms with van der Waals surface area (Å²) < 4.78 is 0. The molecule has 14 heavy (non-hydrogen) atoms. The average Bonchev–Trinajstić information content (AvgIpc) is 2.12. The molecule has 0 fully saturated rings. The Morgan fingerprint density at radius 2 is 1.86 bits per heavy atom. The van der Waals surface area contributed by atoms with E-state index in [0.29, 0.717) is 6.04 Å². The summed E-state index contributed by atoms with van der Waals surface area (Å²) >= 11 is 0. The number of hydrogen-bond acceptors (Lipinski definition) is 3. The largest absolute Gasteiger partial charge is 0.303 e. The van der Waals surface area contributed by atoms with Gasteiger partial charge in [0.15, 0.2) is 0 Å². The van der Waals surface area contributed by atoms with Crippen molar-refractivity contribution in [2.24, 2.45) is 5.84 Å². The quantitative estimate of drug-likeness (QED) is 0.374. The predicted molar refractivity (Wildman–Crippen MR) is 63.0 cm³/mol. The zero-order valence-corrected chi connectivity index (χ0v) is 10.4. The summed E-state index contributed by atoms with van der Waals surface area (Å²) in [6.45, 7) is 6.68. The molecule has 0 heterocycles. The number of nitrogens with one attached hydrogen (secondary N) is 1. The lowest BCUT2D eigenvalue weighted by Crippen LogP contribution is -2.57. The van der Waals surface area contributed by atoms with Crippen LogP contribution in [0, 0.1) is 0 Å². The fourth-order valence-electron chi connectivity index (χ4n) is 1.55. The number of rotatable bonds is 7. The first-order valence-corrected chi connectivity index (χ1v) is 5.60. The minimum atomic E-state index is 0.114. The van der Waals surface area contributed by atoms with Gasteiger partial charge in [0.2, 0.25) is 0 Å². The molecule has 0 aromatic heterocycles. The number of nitrogens with zero attached hydrogens (tertiary/aromatic N) is 1. The maximum atomic E-state index is 5.60. The number of nitrogens with two attached hydrogens (primary N) is 1. The SMILES string of the molecule is CCCCCC(NN)C(C)(C)N(C)C. The number of unbranched alkanes of at least 4 members (excludes halogenated alkanes) is 2. The molecule has 1 unspecified atom stereocenters. The second-order valence-corrected chi connectivity index (χ2v) is 4.76. The normalized spacial score (nSPS) is 14.8. The van der Waals surface area contributed by atoms with E-state index in [1.165, 1.54) is 19.3 Å². The molecule has 0 saturated carbocycles. The summed E-state index contributed by atoms with van der Waals surface area (Å²) in [5.74, 6) is 5.60.